The van der Waals surface area contributed by atoms with Crippen LogP contribution in [0.3, 0.4) is 0 Å². The van der Waals surface area contributed by atoms with Crippen molar-refractivity contribution in [3.8, 4) is 10.7 Å². The van der Waals surface area contributed by atoms with Crippen molar-refractivity contribution in [1.29, 1.82) is 0 Å². The molecule has 0 bridgehead atoms. The van der Waals surface area contributed by atoms with E-state index in [-0.39, 0.29) is 12.0 Å². The van der Waals surface area contributed by atoms with Crippen LogP contribution < -0.4 is 5.32 Å². The van der Waals surface area contributed by atoms with Gasteiger partial charge in [0.1, 0.15) is 5.76 Å². The van der Waals surface area contributed by atoms with Crippen LogP contribution in [0, 0.1) is 0 Å². The smallest absolute Gasteiger partial charge is 0.251 e. The molecule has 9 heteroatoms. The van der Waals surface area contributed by atoms with Gasteiger partial charge in [-0.3, -0.25) is 9.36 Å². The minimum Gasteiger partial charge on any atom is -0.467 e. The van der Waals surface area contributed by atoms with Gasteiger partial charge in [-0.05, 0) is 54.1 Å². The number of carbonyl (C=O) groups excluding carboxylic acids is 1. The number of benzene rings is 1. The van der Waals surface area contributed by atoms with E-state index >= 15 is 0 Å². The number of aromatic nitrogens is 3. The maximum atomic E-state index is 12.5. The second kappa shape index (κ2) is 10.4. The van der Waals surface area contributed by atoms with Gasteiger partial charge in [0.25, 0.3) is 5.91 Å². The standard InChI is InChI=1S/C24H24N4O3S2/c29-23(25-14-19-7-2-10-30-19)18-6-1-5-17(13-18)16-33-24-27-26-22(21-9-4-12-32-21)28(24)15-20-8-3-11-31-20/h1-2,4-7,9-10,12-13,20H,3,8,11,14-16H2,(H,25,29). The molecule has 170 valence electrons. The molecule has 3 aromatic heterocycles. The number of thiophene rings is 1. The monoisotopic (exact) mass is 480 g/mol. The van der Waals surface area contributed by atoms with E-state index in [0.29, 0.717) is 17.9 Å². The summed E-state index contributed by atoms with van der Waals surface area (Å²) in [7, 11) is 0. The van der Waals surface area contributed by atoms with Gasteiger partial charge in [0.15, 0.2) is 11.0 Å². The fourth-order valence-electron chi connectivity index (χ4n) is 3.77. The Morgan fingerprint density at radius 1 is 1.21 bits per heavy atom. The van der Waals surface area contributed by atoms with Crippen LogP contribution >= 0.6 is 23.1 Å². The molecule has 1 atom stereocenters. The molecule has 1 amide bonds. The third kappa shape index (κ3) is 5.38. The van der Waals surface area contributed by atoms with E-state index in [9.17, 15) is 4.79 Å². The van der Waals surface area contributed by atoms with Crippen LogP contribution in [0.25, 0.3) is 10.7 Å². The van der Waals surface area contributed by atoms with Gasteiger partial charge in [-0.15, -0.1) is 21.5 Å². The molecule has 1 N–H and O–H groups in total. The molecule has 5 rings (SSSR count). The van der Waals surface area contributed by atoms with Crippen LogP contribution in [0.2, 0.25) is 0 Å². The topological polar surface area (TPSA) is 82.2 Å². The Hall–Kier alpha value is -2.88. The number of carbonyl (C=O) groups is 1. The SMILES string of the molecule is O=C(NCc1ccco1)c1cccc(CSc2nnc(-c3cccs3)n2CC2CCCO2)c1. The molecule has 7 nitrogen and oxygen atoms in total. The first-order valence-electron chi connectivity index (χ1n) is 10.9. The van der Waals surface area contributed by atoms with Gasteiger partial charge < -0.3 is 14.5 Å². The van der Waals surface area contributed by atoms with Crippen molar-refractivity contribution < 1.29 is 13.9 Å². The normalized spacial score (nSPS) is 15.7. The predicted octanol–water partition coefficient (Wildman–Crippen LogP) is 5.00. The van der Waals surface area contributed by atoms with Gasteiger partial charge in [0.05, 0.1) is 30.3 Å². The maximum Gasteiger partial charge on any atom is 0.251 e. The molecule has 1 saturated heterocycles. The highest BCUT2D eigenvalue weighted by Crippen LogP contribution is 2.30. The Balaban J connectivity index is 1.28. The van der Waals surface area contributed by atoms with Gasteiger partial charge in [-0.1, -0.05) is 30.0 Å². The number of ether oxygens (including phenoxy) is 1. The van der Waals surface area contributed by atoms with Crippen molar-refractivity contribution in [1.82, 2.24) is 20.1 Å². The number of rotatable bonds is 9. The van der Waals surface area contributed by atoms with Crippen molar-refractivity contribution in [3.05, 3.63) is 77.1 Å². The summed E-state index contributed by atoms with van der Waals surface area (Å²) >= 11 is 3.29. The number of nitrogens with zero attached hydrogens (tertiary/aromatic N) is 3. The zero-order valence-corrected chi connectivity index (χ0v) is 19.6. The molecule has 33 heavy (non-hydrogen) atoms. The quantitative estimate of drug-likeness (QED) is 0.340. The van der Waals surface area contributed by atoms with E-state index in [2.05, 4.69) is 31.5 Å². The van der Waals surface area contributed by atoms with E-state index in [1.54, 1.807) is 35.4 Å². The van der Waals surface area contributed by atoms with Crippen LogP contribution in [0.1, 0.15) is 34.5 Å². The maximum absolute atomic E-state index is 12.5. The van der Waals surface area contributed by atoms with Crippen LogP contribution in [0.5, 0.6) is 0 Å². The summed E-state index contributed by atoms with van der Waals surface area (Å²) in [5.74, 6) is 2.17. The summed E-state index contributed by atoms with van der Waals surface area (Å²) in [5, 5.41) is 14.8. The summed E-state index contributed by atoms with van der Waals surface area (Å²) in [4.78, 5) is 13.6. The first kappa shape index (κ1) is 21.9. The second-order valence-corrected chi connectivity index (χ2v) is 9.67. The average Bonchev–Trinajstić information content (AvgIpc) is 3.65. The minimum absolute atomic E-state index is 0.125. The Morgan fingerprint density at radius 2 is 2.18 bits per heavy atom. The van der Waals surface area contributed by atoms with Gasteiger partial charge in [0.2, 0.25) is 0 Å². The number of furan rings is 1. The third-order valence-electron chi connectivity index (χ3n) is 5.43. The zero-order chi connectivity index (χ0) is 22.5. The predicted molar refractivity (Wildman–Crippen MR) is 128 cm³/mol. The average molecular weight is 481 g/mol. The van der Waals surface area contributed by atoms with Gasteiger partial charge in [0, 0.05) is 17.9 Å². The first-order chi connectivity index (χ1) is 16.3. The molecule has 0 saturated carbocycles. The van der Waals surface area contributed by atoms with Crippen LogP contribution in [0.4, 0.5) is 0 Å². The van der Waals surface area contributed by atoms with Crippen molar-refractivity contribution in [3.63, 3.8) is 0 Å². The van der Waals surface area contributed by atoms with Gasteiger partial charge in [-0.2, -0.15) is 0 Å². The van der Waals surface area contributed by atoms with E-state index in [1.165, 1.54) is 0 Å². The molecule has 1 aromatic carbocycles. The summed E-state index contributed by atoms with van der Waals surface area (Å²) in [6.07, 6.45) is 3.95. The van der Waals surface area contributed by atoms with Gasteiger partial charge >= 0.3 is 0 Å². The zero-order valence-electron chi connectivity index (χ0n) is 18.0. The summed E-state index contributed by atoms with van der Waals surface area (Å²) in [5.41, 5.74) is 1.68. The lowest BCUT2D eigenvalue weighted by Crippen LogP contribution is -2.22. The van der Waals surface area contributed by atoms with Crippen LogP contribution in [-0.4, -0.2) is 33.4 Å². The largest absolute Gasteiger partial charge is 0.467 e. The highest BCUT2D eigenvalue weighted by molar-refractivity contribution is 7.98. The minimum atomic E-state index is -0.125. The molecule has 0 aliphatic carbocycles. The molecule has 1 fully saturated rings. The molecule has 1 aliphatic heterocycles. The number of nitrogens with one attached hydrogen (secondary N) is 1. The fraction of sp³-hybridized carbons (Fsp3) is 0.292. The van der Waals surface area contributed by atoms with Crippen molar-refractivity contribution in [2.24, 2.45) is 0 Å². The lowest BCUT2D eigenvalue weighted by Gasteiger charge is -2.14. The van der Waals surface area contributed by atoms with Gasteiger partial charge in [-0.25, -0.2) is 0 Å². The van der Waals surface area contributed by atoms with E-state index in [1.807, 2.05) is 36.4 Å². The summed E-state index contributed by atoms with van der Waals surface area (Å²) < 4.78 is 13.3. The van der Waals surface area contributed by atoms with Crippen molar-refractivity contribution in [2.75, 3.05) is 6.61 Å². The molecule has 1 aliphatic rings. The van der Waals surface area contributed by atoms with E-state index in [4.69, 9.17) is 9.15 Å². The van der Waals surface area contributed by atoms with Crippen molar-refractivity contribution in [2.45, 2.75) is 42.9 Å². The molecule has 0 spiro atoms. The second-order valence-electron chi connectivity index (χ2n) is 7.78. The van der Waals surface area contributed by atoms with Crippen molar-refractivity contribution >= 4 is 29.0 Å². The summed E-state index contributed by atoms with van der Waals surface area (Å²) in [6.45, 7) is 1.93. The molecule has 4 heterocycles. The third-order valence-corrected chi connectivity index (χ3v) is 7.33. The summed E-state index contributed by atoms with van der Waals surface area (Å²) in [6, 6.07) is 15.4. The van der Waals surface area contributed by atoms with Crippen LogP contribution in [0.15, 0.2) is 69.7 Å². The van der Waals surface area contributed by atoms with Crippen LogP contribution in [-0.2, 0) is 23.6 Å². The Morgan fingerprint density at radius 3 is 2.97 bits per heavy atom. The molecular weight excluding hydrogens is 456 g/mol. The lowest BCUT2D eigenvalue weighted by molar-refractivity contribution is 0.0946. The number of thioether (sulfide) groups is 1. The van der Waals surface area contributed by atoms with E-state index in [0.717, 1.165) is 53.2 Å². The van der Waals surface area contributed by atoms with E-state index < -0.39 is 0 Å². The molecule has 1 unspecified atom stereocenters. The number of hydrogen-bond acceptors (Lipinski definition) is 7. The first-order valence-corrected chi connectivity index (χ1v) is 12.7. The molecule has 0 radical (unpaired) electrons. The highest BCUT2D eigenvalue weighted by Gasteiger charge is 2.22. The Bertz CT molecular complexity index is 1180. The highest BCUT2D eigenvalue weighted by atomic mass is 32.2. The Labute approximate surface area is 200 Å². The Kier molecular flexibility index (Phi) is 6.89. The lowest BCUT2D eigenvalue weighted by atomic mass is 10.1. The molecule has 4 aromatic rings. The number of amides is 1. The fourth-order valence-corrected chi connectivity index (χ4v) is 5.38. The number of hydrogen-bond donors (Lipinski definition) is 1. The molecular formula is C24H24N4O3S2.